The fraction of sp³-hybridized carbons (Fsp3) is 0.583. The monoisotopic (exact) mass is 449 g/mol. The average molecular weight is 450 g/mol. The summed E-state index contributed by atoms with van der Waals surface area (Å²) in [5, 5.41) is 0. The molecule has 0 amide bonds. The quantitative estimate of drug-likeness (QED) is 0.312. The number of rotatable bonds is 10. The van der Waals surface area contributed by atoms with E-state index >= 15 is 0 Å². The number of aryl methyl sites for hydroxylation is 1. The van der Waals surface area contributed by atoms with Crippen LogP contribution < -0.4 is 0 Å². The molecule has 1 aromatic rings. The van der Waals surface area contributed by atoms with Gasteiger partial charge in [-0.05, 0) is 68.9 Å². The van der Waals surface area contributed by atoms with Crippen molar-refractivity contribution in [3.63, 3.8) is 0 Å². The molecule has 0 aliphatic heterocycles. The van der Waals surface area contributed by atoms with E-state index in [9.17, 15) is 8.42 Å². The lowest BCUT2D eigenvalue weighted by atomic mass is 9.84. The van der Waals surface area contributed by atoms with Crippen molar-refractivity contribution < 1.29 is 12.8 Å². The molecule has 1 aliphatic carbocycles. The molecule has 1 atom stereocenters. The van der Waals surface area contributed by atoms with Gasteiger partial charge in [0.25, 0.3) is 0 Å². The molecule has 0 N–H and O–H groups in total. The lowest BCUT2D eigenvalue weighted by Gasteiger charge is -2.38. The van der Waals surface area contributed by atoms with Gasteiger partial charge in [0.05, 0.1) is 10.7 Å². The topological polar surface area (TPSA) is 46.6 Å². The number of hydrogen-bond donors (Lipinski definition) is 0. The minimum Gasteiger partial charge on any atom is -0.546 e. The van der Waals surface area contributed by atoms with Crippen molar-refractivity contribution in [1.29, 1.82) is 0 Å². The Labute approximate surface area is 185 Å². The zero-order chi connectivity index (χ0) is 22.5. The third-order valence-corrected chi connectivity index (χ3v) is 13.0. The van der Waals surface area contributed by atoms with E-state index in [-0.39, 0.29) is 5.92 Å². The second-order valence-corrected chi connectivity index (χ2v) is 15.4. The van der Waals surface area contributed by atoms with E-state index in [1.807, 2.05) is 19.1 Å². The van der Waals surface area contributed by atoms with Gasteiger partial charge in [-0.3, -0.25) is 0 Å². The van der Waals surface area contributed by atoms with Gasteiger partial charge in [0.15, 0.2) is 0 Å². The number of benzene rings is 1. The van der Waals surface area contributed by atoms with E-state index in [1.165, 1.54) is 9.88 Å². The summed E-state index contributed by atoms with van der Waals surface area (Å²) in [6.45, 7) is 15.5. The second kappa shape index (κ2) is 10.3. The first-order valence-corrected chi connectivity index (χ1v) is 15.2. The van der Waals surface area contributed by atoms with Gasteiger partial charge in [-0.15, -0.1) is 0 Å². The number of allylic oxidation sites excluding steroid dienone is 2. The van der Waals surface area contributed by atoms with Gasteiger partial charge >= 0.3 is 0 Å². The van der Waals surface area contributed by atoms with Crippen LogP contribution in [0.3, 0.4) is 0 Å². The first kappa shape index (κ1) is 24.9. The molecule has 0 saturated heterocycles. The molecule has 0 fully saturated rings. The third-order valence-electron chi connectivity index (χ3n) is 6.69. The van der Waals surface area contributed by atoms with Crippen molar-refractivity contribution in [3.05, 3.63) is 53.3 Å². The summed E-state index contributed by atoms with van der Waals surface area (Å²) >= 11 is 0. The van der Waals surface area contributed by atoms with Crippen LogP contribution >= 0.6 is 0 Å². The Morgan fingerprint density at radius 2 is 1.70 bits per heavy atom. The maximum Gasteiger partial charge on any atom is 0.250 e. The molecule has 0 spiro atoms. The molecular weight excluding hydrogens is 410 g/mol. The number of likely N-dealkylation sites (N-methyl/N-ethyl adjacent to an activating group) is 1. The molecule has 6 heteroatoms. The van der Waals surface area contributed by atoms with Gasteiger partial charge in [-0.25, -0.2) is 8.42 Å². The predicted molar refractivity (Wildman–Crippen MR) is 128 cm³/mol. The minimum absolute atomic E-state index is 0.103. The molecule has 0 saturated carbocycles. The fourth-order valence-electron chi connectivity index (χ4n) is 4.24. The smallest absolute Gasteiger partial charge is 0.250 e. The van der Waals surface area contributed by atoms with Crippen molar-refractivity contribution in [3.8, 4) is 0 Å². The van der Waals surface area contributed by atoms with Crippen LogP contribution in [0, 0.1) is 12.8 Å². The standard InChI is InChI=1S/C24H39NO3SSi/c1-8-30(9-2,10-3)28-24-20(5)12-11-13-23(24)21(6)18-25(7)29(26,27)22-16-14-19(4)15-17-22/h14-17,23H,6,8-13,18H2,1-5,7H3/t23-/m1/s1. The number of nitrogens with zero attached hydrogens (tertiary/aromatic N) is 1. The normalized spacial score (nSPS) is 18.0. The summed E-state index contributed by atoms with van der Waals surface area (Å²) in [6, 6.07) is 10.3. The van der Waals surface area contributed by atoms with Gasteiger partial charge in [-0.2, -0.15) is 4.31 Å². The van der Waals surface area contributed by atoms with Gasteiger partial charge in [0.1, 0.15) is 0 Å². The van der Waals surface area contributed by atoms with Crippen LogP contribution in [0.15, 0.2) is 52.6 Å². The molecule has 2 rings (SSSR count). The molecule has 4 nitrogen and oxygen atoms in total. The van der Waals surface area contributed by atoms with Crippen molar-refractivity contribution in [2.24, 2.45) is 5.92 Å². The van der Waals surface area contributed by atoms with Gasteiger partial charge < -0.3 is 4.43 Å². The predicted octanol–water partition coefficient (Wildman–Crippen LogP) is 6.27. The first-order chi connectivity index (χ1) is 14.1. The van der Waals surface area contributed by atoms with Crippen LogP contribution in [-0.2, 0) is 14.4 Å². The molecule has 30 heavy (non-hydrogen) atoms. The lowest BCUT2D eigenvalue weighted by molar-refractivity contribution is 0.309. The largest absolute Gasteiger partial charge is 0.546 e. The summed E-state index contributed by atoms with van der Waals surface area (Å²) < 4.78 is 34.3. The molecule has 0 radical (unpaired) electrons. The minimum atomic E-state index is -3.55. The Morgan fingerprint density at radius 3 is 2.23 bits per heavy atom. The van der Waals surface area contributed by atoms with Gasteiger partial charge in [0, 0.05) is 19.5 Å². The van der Waals surface area contributed by atoms with Gasteiger partial charge in [0.2, 0.25) is 18.3 Å². The molecule has 0 bridgehead atoms. The summed E-state index contributed by atoms with van der Waals surface area (Å²) in [5.41, 5.74) is 3.28. The van der Waals surface area contributed by atoms with Crippen molar-refractivity contribution in [2.45, 2.75) is 76.9 Å². The van der Waals surface area contributed by atoms with Crippen LogP contribution in [0.4, 0.5) is 0 Å². The summed E-state index contributed by atoms with van der Waals surface area (Å²) in [4.78, 5) is 0.324. The highest BCUT2D eigenvalue weighted by molar-refractivity contribution is 7.89. The van der Waals surface area contributed by atoms with Crippen LogP contribution in [-0.4, -0.2) is 34.6 Å². The van der Waals surface area contributed by atoms with E-state index in [2.05, 4.69) is 34.3 Å². The highest BCUT2D eigenvalue weighted by Gasteiger charge is 2.36. The Kier molecular flexibility index (Phi) is 8.54. The van der Waals surface area contributed by atoms with Crippen LogP contribution in [0.5, 0.6) is 0 Å². The second-order valence-electron chi connectivity index (χ2n) is 8.67. The molecule has 168 valence electrons. The highest BCUT2D eigenvalue weighted by Crippen LogP contribution is 2.39. The summed E-state index contributed by atoms with van der Waals surface area (Å²) in [7, 11) is -3.70. The molecule has 1 aromatic carbocycles. The summed E-state index contributed by atoms with van der Waals surface area (Å²) in [5.74, 6) is 1.19. The Bertz CT molecular complexity index is 862. The molecular formula is C24H39NO3SSi. The van der Waals surface area contributed by atoms with E-state index < -0.39 is 18.3 Å². The van der Waals surface area contributed by atoms with E-state index in [0.717, 1.165) is 54.3 Å². The Balaban J connectivity index is 2.23. The van der Waals surface area contributed by atoms with Crippen molar-refractivity contribution in [1.82, 2.24) is 4.31 Å². The van der Waals surface area contributed by atoms with Crippen LogP contribution in [0.1, 0.15) is 52.5 Å². The molecule has 0 heterocycles. The maximum atomic E-state index is 13.0. The average Bonchev–Trinajstić information content (AvgIpc) is 2.73. The molecule has 0 unspecified atom stereocenters. The molecule has 0 aromatic heterocycles. The number of hydrogen-bond acceptors (Lipinski definition) is 3. The van der Waals surface area contributed by atoms with Crippen LogP contribution in [0.2, 0.25) is 18.1 Å². The highest BCUT2D eigenvalue weighted by atomic mass is 32.2. The molecule has 1 aliphatic rings. The zero-order valence-electron chi connectivity index (χ0n) is 19.6. The summed E-state index contributed by atoms with van der Waals surface area (Å²) in [6.07, 6.45) is 3.12. The number of sulfonamides is 1. The van der Waals surface area contributed by atoms with Crippen molar-refractivity contribution in [2.75, 3.05) is 13.6 Å². The fourth-order valence-corrected chi connectivity index (χ4v) is 8.13. The van der Waals surface area contributed by atoms with E-state index in [1.54, 1.807) is 19.2 Å². The Hall–Kier alpha value is -1.37. The first-order valence-electron chi connectivity index (χ1n) is 11.2. The zero-order valence-corrected chi connectivity index (χ0v) is 21.4. The third kappa shape index (κ3) is 5.45. The Morgan fingerprint density at radius 1 is 1.13 bits per heavy atom. The maximum absolute atomic E-state index is 13.0. The SMILES string of the molecule is C=C(CN(C)S(=O)(=O)c1ccc(C)cc1)[C@H]1CCCC(C)=C1O[Si](CC)(CC)CC. The van der Waals surface area contributed by atoms with Gasteiger partial charge in [-0.1, -0.05) is 50.6 Å². The van der Waals surface area contributed by atoms with Crippen molar-refractivity contribution >= 4 is 18.3 Å². The van der Waals surface area contributed by atoms with E-state index in [4.69, 9.17) is 4.43 Å². The van der Waals surface area contributed by atoms with E-state index in [0.29, 0.717) is 11.4 Å². The van der Waals surface area contributed by atoms with Crippen LogP contribution in [0.25, 0.3) is 0 Å². The lowest BCUT2D eigenvalue weighted by Crippen LogP contribution is -2.38.